The second kappa shape index (κ2) is 8.26. The molecule has 0 aliphatic heterocycles. The van der Waals surface area contributed by atoms with E-state index in [1.54, 1.807) is 0 Å². The molecule has 0 aliphatic carbocycles. The highest BCUT2D eigenvalue weighted by Crippen LogP contribution is 2.41. The Morgan fingerprint density at radius 2 is 1.23 bits per heavy atom. The predicted molar refractivity (Wildman–Crippen MR) is 122 cm³/mol. The van der Waals surface area contributed by atoms with Gasteiger partial charge in [0, 0.05) is 0 Å². The average molecular weight is 369 g/mol. The Labute approximate surface area is 163 Å². The van der Waals surface area contributed by atoms with Crippen molar-refractivity contribution in [1.82, 2.24) is 0 Å². The Kier molecular flexibility index (Phi) is 6.73. The van der Waals surface area contributed by atoms with Gasteiger partial charge in [-0.15, -0.1) is 0 Å². The fourth-order valence-electron chi connectivity index (χ4n) is 3.48. The molecule has 1 atom stereocenters. The molecule has 0 aromatic heterocycles. The lowest BCUT2D eigenvalue weighted by molar-refractivity contribution is 0.799. The molecule has 0 N–H and O–H groups in total. The standard InChI is InChI=1S/C25H37P/c1-16(2)19-14-21(17(3)4)24(22(15-19)18(5)6)20-12-10-11-13-23(20)26-25(7,8)9/h10-18,26H,1-9H3. The van der Waals surface area contributed by atoms with Crippen LogP contribution in [0.2, 0.25) is 0 Å². The van der Waals surface area contributed by atoms with Gasteiger partial charge in [0.25, 0.3) is 0 Å². The molecule has 2 rings (SSSR count). The molecule has 0 nitrogen and oxygen atoms in total. The van der Waals surface area contributed by atoms with Crippen LogP contribution in [-0.4, -0.2) is 5.16 Å². The summed E-state index contributed by atoms with van der Waals surface area (Å²) in [6, 6.07) is 14.0. The third-order valence-corrected chi connectivity index (χ3v) is 6.29. The summed E-state index contributed by atoms with van der Waals surface area (Å²) in [6.07, 6.45) is 0. The fraction of sp³-hybridized carbons (Fsp3) is 0.520. The molecule has 0 aliphatic rings. The highest BCUT2D eigenvalue weighted by Gasteiger charge is 2.22. The summed E-state index contributed by atoms with van der Waals surface area (Å²) >= 11 is 0. The van der Waals surface area contributed by atoms with Gasteiger partial charge in [0.2, 0.25) is 0 Å². The van der Waals surface area contributed by atoms with E-state index in [9.17, 15) is 0 Å². The van der Waals surface area contributed by atoms with Crippen LogP contribution in [0.1, 0.15) is 96.8 Å². The molecule has 2 aromatic rings. The highest BCUT2D eigenvalue weighted by atomic mass is 31.1. The first-order valence-corrected chi connectivity index (χ1v) is 11.1. The van der Waals surface area contributed by atoms with Crippen molar-refractivity contribution in [2.75, 3.05) is 0 Å². The first-order valence-electron chi connectivity index (χ1n) is 10.1. The van der Waals surface area contributed by atoms with Crippen molar-refractivity contribution in [3.05, 3.63) is 53.1 Å². The normalized spacial score (nSPS) is 12.9. The Bertz CT molecular complexity index is 716. The maximum atomic E-state index is 2.47. The van der Waals surface area contributed by atoms with E-state index in [4.69, 9.17) is 0 Å². The van der Waals surface area contributed by atoms with Gasteiger partial charge in [-0.1, -0.05) is 107 Å². The molecule has 0 bridgehead atoms. The van der Waals surface area contributed by atoms with Gasteiger partial charge in [-0.2, -0.15) is 0 Å². The molecule has 0 heterocycles. The zero-order valence-corrected chi connectivity index (χ0v) is 19.2. The second-order valence-corrected chi connectivity index (χ2v) is 11.7. The Balaban J connectivity index is 2.81. The van der Waals surface area contributed by atoms with Crippen LogP contribution in [0.5, 0.6) is 0 Å². The molecular weight excluding hydrogens is 331 g/mol. The summed E-state index contributed by atoms with van der Waals surface area (Å²) in [5, 5.41) is 1.81. The number of hydrogen-bond acceptors (Lipinski definition) is 0. The van der Waals surface area contributed by atoms with Crippen LogP contribution in [0.4, 0.5) is 0 Å². The lowest BCUT2D eigenvalue weighted by atomic mass is 9.82. The maximum absolute atomic E-state index is 2.47. The van der Waals surface area contributed by atoms with E-state index in [-0.39, 0.29) is 0 Å². The minimum Gasteiger partial charge on any atom is -0.0842 e. The van der Waals surface area contributed by atoms with Crippen molar-refractivity contribution in [2.45, 2.75) is 85.2 Å². The zero-order chi connectivity index (χ0) is 19.6. The summed E-state index contributed by atoms with van der Waals surface area (Å²) in [7, 11) is 0.811. The third-order valence-electron chi connectivity index (χ3n) is 4.84. The molecule has 2 aromatic carbocycles. The second-order valence-electron chi connectivity index (χ2n) is 9.46. The molecule has 0 radical (unpaired) electrons. The predicted octanol–water partition coefficient (Wildman–Crippen LogP) is 7.83. The summed E-state index contributed by atoms with van der Waals surface area (Å²) in [5.74, 6) is 1.60. The molecule has 26 heavy (non-hydrogen) atoms. The maximum Gasteiger partial charge on any atom is -0.0104 e. The monoisotopic (exact) mass is 368 g/mol. The van der Waals surface area contributed by atoms with Crippen LogP contribution in [0.15, 0.2) is 36.4 Å². The van der Waals surface area contributed by atoms with E-state index < -0.39 is 0 Å². The molecule has 0 saturated heterocycles. The quantitative estimate of drug-likeness (QED) is 0.472. The number of hydrogen-bond donors (Lipinski definition) is 0. The van der Waals surface area contributed by atoms with Gasteiger partial charge in [0.05, 0.1) is 0 Å². The molecule has 1 unspecified atom stereocenters. The Hall–Kier alpha value is -1.13. The van der Waals surface area contributed by atoms with Crippen molar-refractivity contribution in [2.24, 2.45) is 0 Å². The van der Waals surface area contributed by atoms with Crippen molar-refractivity contribution in [1.29, 1.82) is 0 Å². The number of rotatable bonds is 5. The molecule has 0 saturated carbocycles. The van der Waals surface area contributed by atoms with E-state index in [2.05, 4.69) is 98.7 Å². The Morgan fingerprint density at radius 3 is 1.65 bits per heavy atom. The summed E-state index contributed by atoms with van der Waals surface area (Å²) < 4.78 is 0. The summed E-state index contributed by atoms with van der Waals surface area (Å²) in [6.45, 7) is 21.0. The van der Waals surface area contributed by atoms with Crippen molar-refractivity contribution >= 4 is 13.9 Å². The van der Waals surface area contributed by atoms with E-state index in [0.29, 0.717) is 22.9 Å². The first kappa shape index (κ1) is 21.2. The van der Waals surface area contributed by atoms with Gasteiger partial charge >= 0.3 is 0 Å². The summed E-state index contributed by atoms with van der Waals surface area (Å²) in [5.41, 5.74) is 7.42. The lowest BCUT2D eigenvalue weighted by Gasteiger charge is -2.26. The van der Waals surface area contributed by atoms with Gasteiger partial charge in [-0.05, 0) is 56.0 Å². The summed E-state index contributed by atoms with van der Waals surface area (Å²) in [4.78, 5) is 0. The van der Waals surface area contributed by atoms with Crippen LogP contribution in [0.25, 0.3) is 11.1 Å². The molecule has 1 heteroatoms. The van der Waals surface area contributed by atoms with Crippen LogP contribution in [-0.2, 0) is 0 Å². The number of benzene rings is 2. The molecule has 0 amide bonds. The largest absolute Gasteiger partial charge is 0.0842 e. The minimum absolute atomic E-state index is 0.309. The van der Waals surface area contributed by atoms with Crippen molar-refractivity contribution < 1.29 is 0 Å². The van der Waals surface area contributed by atoms with Crippen LogP contribution >= 0.6 is 8.58 Å². The Morgan fingerprint density at radius 1 is 0.731 bits per heavy atom. The van der Waals surface area contributed by atoms with Gasteiger partial charge in [0.1, 0.15) is 0 Å². The van der Waals surface area contributed by atoms with E-state index in [0.717, 1.165) is 8.58 Å². The smallest absolute Gasteiger partial charge is 0.0104 e. The topological polar surface area (TPSA) is 0 Å². The van der Waals surface area contributed by atoms with E-state index in [1.165, 1.54) is 33.1 Å². The zero-order valence-electron chi connectivity index (χ0n) is 18.2. The minimum atomic E-state index is 0.309. The van der Waals surface area contributed by atoms with Crippen LogP contribution < -0.4 is 5.30 Å². The van der Waals surface area contributed by atoms with Gasteiger partial charge in [-0.25, -0.2) is 0 Å². The molecular formula is C25H37P. The highest BCUT2D eigenvalue weighted by molar-refractivity contribution is 7.49. The van der Waals surface area contributed by atoms with Gasteiger partial charge in [0.15, 0.2) is 0 Å². The van der Waals surface area contributed by atoms with Crippen LogP contribution in [0.3, 0.4) is 0 Å². The third kappa shape index (κ3) is 4.98. The molecule has 0 spiro atoms. The van der Waals surface area contributed by atoms with Crippen molar-refractivity contribution in [3.63, 3.8) is 0 Å². The van der Waals surface area contributed by atoms with E-state index in [1.807, 2.05) is 0 Å². The fourth-order valence-corrected chi connectivity index (χ4v) is 4.81. The van der Waals surface area contributed by atoms with Crippen LogP contribution in [0, 0.1) is 0 Å². The van der Waals surface area contributed by atoms with Gasteiger partial charge < -0.3 is 0 Å². The average Bonchev–Trinajstić information content (AvgIpc) is 2.52. The van der Waals surface area contributed by atoms with Gasteiger partial charge in [-0.3, -0.25) is 0 Å². The SMILES string of the molecule is CC(C)c1cc(C(C)C)c(-c2ccccc2PC(C)(C)C)c(C(C)C)c1. The molecule has 142 valence electrons. The molecule has 0 fully saturated rings. The van der Waals surface area contributed by atoms with E-state index >= 15 is 0 Å². The van der Waals surface area contributed by atoms with Crippen molar-refractivity contribution in [3.8, 4) is 11.1 Å². The first-order chi connectivity index (χ1) is 12.0. The lowest BCUT2D eigenvalue weighted by Crippen LogP contribution is -2.14.